The van der Waals surface area contributed by atoms with Gasteiger partial charge in [-0.25, -0.2) is 0 Å². The normalized spacial score (nSPS) is 10.3. The van der Waals surface area contributed by atoms with Gasteiger partial charge >= 0.3 is 12.0 Å². The zero-order valence-electron chi connectivity index (χ0n) is 9.93. The summed E-state index contributed by atoms with van der Waals surface area (Å²) in [7, 11) is 0. The van der Waals surface area contributed by atoms with Crippen molar-refractivity contribution in [1.82, 2.24) is 15.0 Å². The minimum atomic E-state index is -0.00136. The fourth-order valence-electron chi connectivity index (χ4n) is 1.25. The molecule has 0 aliphatic heterocycles. The lowest BCUT2D eigenvalue weighted by Gasteiger charge is -2.07. The van der Waals surface area contributed by atoms with Crippen LogP contribution >= 0.6 is 23.2 Å². The zero-order chi connectivity index (χ0) is 13.8. The van der Waals surface area contributed by atoms with E-state index < -0.39 is 0 Å². The van der Waals surface area contributed by atoms with Gasteiger partial charge < -0.3 is 15.2 Å². The summed E-state index contributed by atoms with van der Waals surface area (Å²) >= 11 is 11.8. The van der Waals surface area contributed by atoms with Crippen molar-refractivity contribution >= 4 is 29.2 Å². The SMILES string of the molecule is CCOc1nc(N)nc(Oc2ccc(Cl)cc2Cl)n1. The Hall–Kier alpha value is -1.79. The number of halogens is 2. The Morgan fingerprint density at radius 3 is 2.58 bits per heavy atom. The number of benzene rings is 1. The molecule has 19 heavy (non-hydrogen) atoms. The fraction of sp³-hybridized carbons (Fsp3) is 0.182. The molecule has 0 saturated carbocycles. The van der Waals surface area contributed by atoms with Crippen molar-refractivity contribution in [2.24, 2.45) is 0 Å². The molecule has 2 aromatic rings. The summed E-state index contributed by atoms with van der Waals surface area (Å²) in [5.74, 6) is 0.359. The second-order valence-electron chi connectivity index (χ2n) is 3.37. The van der Waals surface area contributed by atoms with E-state index in [1.54, 1.807) is 25.1 Å². The molecule has 2 N–H and O–H groups in total. The maximum absolute atomic E-state index is 5.98. The summed E-state index contributed by atoms with van der Waals surface area (Å²) in [6.45, 7) is 2.21. The number of hydrogen-bond donors (Lipinski definition) is 1. The maximum atomic E-state index is 5.98. The van der Waals surface area contributed by atoms with E-state index in [2.05, 4.69) is 15.0 Å². The maximum Gasteiger partial charge on any atom is 0.330 e. The first-order chi connectivity index (χ1) is 9.08. The fourth-order valence-corrected chi connectivity index (χ4v) is 1.70. The largest absolute Gasteiger partial charge is 0.464 e. The van der Waals surface area contributed by atoms with Crippen molar-refractivity contribution < 1.29 is 9.47 Å². The van der Waals surface area contributed by atoms with Crippen LogP contribution in [0.5, 0.6) is 17.8 Å². The summed E-state index contributed by atoms with van der Waals surface area (Å²) < 4.78 is 10.6. The van der Waals surface area contributed by atoms with Crippen molar-refractivity contribution in [3.8, 4) is 17.8 Å². The van der Waals surface area contributed by atoms with Gasteiger partial charge in [0.25, 0.3) is 0 Å². The number of hydrogen-bond acceptors (Lipinski definition) is 6. The molecule has 2 rings (SSSR count). The second-order valence-corrected chi connectivity index (χ2v) is 4.21. The summed E-state index contributed by atoms with van der Waals surface area (Å²) in [5, 5.41) is 0.840. The molecule has 0 bridgehead atoms. The van der Waals surface area contributed by atoms with E-state index >= 15 is 0 Å². The molecule has 0 radical (unpaired) electrons. The summed E-state index contributed by atoms with van der Waals surface area (Å²) in [6, 6.07) is 4.88. The van der Waals surface area contributed by atoms with E-state index in [0.717, 1.165) is 0 Å². The lowest BCUT2D eigenvalue weighted by molar-refractivity contribution is 0.304. The molecule has 8 heteroatoms. The lowest BCUT2D eigenvalue weighted by atomic mass is 10.3. The minimum absolute atomic E-state index is 0.000160. The van der Waals surface area contributed by atoms with E-state index in [4.69, 9.17) is 38.4 Å². The van der Waals surface area contributed by atoms with Gasteiger partial charge in [0.1, 0.15) is 5.75 Å². The zero-order valence-corrected chi connectivity index (χ0v) is 11.4. The quantitative estimate of drug-likeness (QED) is 0.934. The van der Waals surface area contributed by atoms with Gasteiger partial charge in [-0.1, -0.05) is 23.2 Å². The van der Waals surface area contributed by atoms with Crippen LogP contribution in [-0.4, -0.2) is 21.6 Å². The third kappa shape index (κ3) is 3.59. The predicted molar refractivity (Wildman–Crippen MR) is 71.9 cm³/mol. The lowest BCUT2D eigenvalue weighted by Crippen LogP contribution is -2.04. The molecule has 1 heterocycles. The van der Waals surface area contributed by atoms with Crippen LogP contribution in [0.3, 0.4) is 0 Å². The third-order valence-electron chi connectivity index (χ3n) is 1.98. The molecule has 0 amide bonds. The van der Waals surface area contributed by atoms with Crippen molar-refractivity contribution in [2.45, 2.75) is 6.92 Å². The Morgan fingerprint density at radius 2 is 1.89 bits per heavy atom. The average molecular weight is 301 g/mol. The van der Waals surface area contributed by atoms with Crippen molar-refractivity contribution in [2.75, 3.05) is 12.3 Å². The van der Waals surface area contributed by atoms with Crippen LogP contribution in [0.1, 0.15) is 6.92 Å². The topological polar surface area (TPSA) is 83.2 Å². The number of nitrogens with zero attached hydrogens (tertiary/aromatic N) is 3. The standard InChI is InChI=1S/C11H10Cl2N4O2/c1-2-18-10-15-9(14)16-11(17-10)19-8-4-3-6(12)5-7(8)13/h3-5H,2H2,1H3,(H2,14,15,16,17). The van der Waals surface area contributed by atoms with Gasteiger partial charge in [0.2, 0.25) is 5.95 Å². The first-order valence-corrected chi connectivity index (χ1v) is 6.11. The molecule has 100 valence electrons. The van der Waals surface area contributed by atoms with Crippen LogP contribution in [-0.2, 0) is 0 Å². The van der Waals surface area contributed by atoms with Gasteiger partial charge in [-0.2, -0.15) is 9.97 Å². The molecule has 1 aromatic heterocycles. The summed E-state index contributed by atoms with van der Waals surface area (Å²) in [4.78, 5) is 11.6. The van der Waals surface area contributed by atoms with Crippen LogP contribution in [0, 0.1) is 0 Å². The van der Waals surface area contributed by atoms with Gasteiger partial charge in [0.05, 0.1) is 11.6 Å². The number of nitrogens with two attached hydrogens (primary N) is 1. The third-order valence-corrected chi connectivity index (χ3v) is 2.51. The number of anilines is 1. The van der Waals surface area contributed by atoms with E-state index in [1.807, 2.05) is 0 Å². The number of ether oxygens (including phenoxy) is 2. The molecule has 0 atom stereocenters. The van der Waals surface area contributed by atoms with Crippen LogP contribution in [0.4, 0.5) is 5.95 Å². The number of rotatable bonds is 4. The number of aromatic nitrogens is 3. The van der Waals surface area contributed by atoms with E-state index in [0.29, 0.717) is 22.4 Å². The highest BCUT2D eigenvalue weighted by molar-refractivity contribution is 6.35. The Balaban J connectivity index is 2.27. The molecule has 0 unspecified atom stereocenters. The summed E-state index contributed by atoms with van der Waals surface area (Å²) in [6.07, 6.45) is 0. The predicted octanol–water partition coefficient (Wildman–Crippen LogP) is 2.95. The molecule has 0 spiro atoms. The highest BCUT2D eigenvalue weighted by Gasteiger charge is 2.10. The molecule has 6 nitrogen and oxygen atoms in total. The molecular weight excluding hydrogens is 291 g/mol. The highest BCUT2D eigenvalue weighted by atomic mass is 35.5. The van der Waals surface area contributed by atoms with Gasteiger partial charge in [-0.3, -0.25) is 0 Å². The first kappa shape index (κ1) is 13.6. The molecule has 0 aliphatic carbocycles. The summed E-state index contributed by atoms with van der Waals surface area (Å²) in [5.41, 5.74) is 5.53. The van der Waals surface area contributed by atoms with E-state index in [1.165, 1.54) is 0 Å². The second kappa shape index (κ2) is 5.90. The Labute approximate surface area is 119 Å². The molecule has 1 aromatic carbocycles. The Morgan fingerprint density at radius 1 is 1.16 bits per heavy atom. The monoisotopic (exact) mass is 300 g/mol. The van der Waals surface area contributed by atoms with E-state index in [9.17, 15) is 0 Å². The van der Waals surface area contributed by atoms with Gasteiger partial charge in [0.15, 0.2) is 0 Å². The van der Waals surface area contributed by atoms with E-state index in [-0.39, 0.29) is 18.0 Å². The molecule has 0 fully saturated rings. The average Bonchev–Trinajstić information content (AvgIpc) is 2.32. The van der Waals surface area contributed by atoms with Crippen molar-refractivity contribution in [3.05, 3.63) is 28.2 Å². The van der Waals surface area contributed by atoms with Crippen LogP contribution < -0.4 is 15.2 Å². The smallest absolute Gasteiger partial charge is 0.330 e. The van der Waals surface area contributed by atoms with Gasteiger partial charge in [0, 0.05) is 5.02 Å². The van der Waals surface area contributed by atoms with Crippen LogP contribution in [0.15, 0.2) is 18.2 Å². The van der Waals surface area contributed by atoms with Crippen LogP contribution in [0.2, 0.25) is 10.0 Å². The number of nitrogen functional groups attached to an aromatic ring is 1. The van der Waals surface area contributed by atoms with Crippen molar-refractivity contribution in [1.29, 1.82) is 0 Å². The molecule has 0 saturated heterocycles. The Bertz CT molecular complexity index is 595. The van der Waals surface area contributed by atoms with Crippen LogP contribution in [0.25, 0.3) is 0 Å². The van der Waals surface area contributed by atoms with Gasteiger partial charge in [-0.15, -0.1) is 4.98 Å². The first-order valence-electron chi connectivity index (χ1n) is 5.35. The molecule has 0 aliphatic rings. The van der Waals surface area contributed by atoms with Gasteiger partial charge in [-0.05, 0) is 25.1 Å². The molecular formula is C11H10Cl2N4O2. The highest BCUT2D eigenvalue weighted by Crippen LogP contribution is 2.30. The Kier molecular flexibility index (Phi) is 4.24. The minimum Gasteiger partial charge on any atom is -0.464 e. The van der Waals surface area contributed by atoms with Crippen molar-refractivity contribution in [3.63, 3.8) is 0 Å².